The SMILES string of the molecule is CCc1ccc2nc(N3CCN(C(=O)C4CC(=O)N(c5ccc6c(c5)OCO6)C4)CC3)sc2c1. The van der Waals surface area contributed by atoms with Crippen LogP contribution in [0.25, 0.3) is 10.2 Å². The zero-order chi connectivity index (χ0) is 23.2. The lowest BCUT2D eigenvalue weighted by molar-refractivity contribution is -0.136. The highest BCUT2D eigenvalue weighted by atomic mass is 32.1. The third-order valence-corrected chi connectivity index (χ3v) is 7.93. The maximum atomic E-state index is 13.2. The molecule has 1 atom stereocenters. The summed E-state index contributed by atoms with van der Waals surface area (Å²) >= 11 is 1.72. The average Bonchev–Trinajstić information content (AvgIpc) is 3.60. The molecule has 0 spiro atoms. The van der Waals surface area contributed by atoms with Crippen molar-refractivity contribution in [1.82, 2.24) is 9.88 Å². The largest absolute Gasteiger partial charge is 0.454 e. The number of piperazine rings is 1. The number of nitrogens with zero attached hydrogens (tertiary/aromatic N) is 4. The van der Waals surface area contributed by atoms with Crippen LogP contribution < -0.4 is 19.3 Å². The van der Waals surface area contributed by atoms with Gasteiger partial charge < -0.3 is 24.2 Å². The van der Waals surface area contributed by atoms with E-state index >= 15 is 0 Å². The minimum atomic E-state index is -0.320. The number of hydrogen-bond donors (Lipinski definition) is 0. The van der Waals surface area contributed by atoms with E-state index < -0.39 is 0 Å². The Balaban J connectivity index is 1.09. The van der Waals surface area contributed by atoms with Crippen molar-refractivity contribution in [3.05, 3.63) is 42.0 Å². The first-order chi connectivity index (χ1) is 16.6. The lowest BCUT2D eigenvalue weighted by Crippen LogP contribution is -2.50. The quantitative estimate of drug-likeness (QED) is 0.573. The van der Waals surface area contributed by atoms with Gasteiger partial charge in [-0.05, 0) is 36.2 Å². The molecule has 34 heavy (non-hydrogen) atoms. The Bertz CT molecular complexity index is 1270. The summed E-state index contributed by atoms with van der Waals surface area (Å²) in [6.07, 6.45) is 1.25. The fraction of sp³-hybridized carbons (Fsp3) is 0.400. The Labute approximate surface area is 201 Å². The van der Waals surface area contributed by atoms with Gasteiger partial charge in [-0.1, -0.05) is 24.3 Å². The Morgan fingerprint density at radius 1 is 1.09 bits per heavy atom. The molecular weight excluding hydrogens is 452 g/mol. The molecule has 176 valence electrons. The molecule has 3 aliphatic rings. The minimum Gasteiger partial charge on any atom is -0.454 e. The molecule has 0 radical (unpaired) electrons. The summed E-state index contributed by atoms with van der Waals surface area (Å²) in [5, 5.41) is 1.01. The van der Waals surface area contributed by atoms with E-state index in [-0.39, 0.29) is 30.9 Å². The molecule has 9 heteroatoms. The van der Waals surface area contributed by atoms with Crippen molar-refractivity contribution in [3.8, 4) is 11.5 Å². The molecule has 4 heterocycles. The van der Waals surface area contributed by atoms with Crippen molar-refractivity contribution >= 4 is 44.2 Å². The summed E-state index contributed by atoms with van der Waals surface area (Å²) in [5.41, 5.74) is 3.10. The van der Waals surface area contributed by atoms with Crippen LogP contribution in [0.3, 0.4) is 0 Å². The summed E-state index contributed by atoms with van der Waals surface area (Å²) in [7, 11) is 0. The van der Waals surface area contributed by atoms with Crippen molar-refractivity contribution < 1.29 is 19.1 Å². The first-order valence-electron chi connectivity index (χ1n) is 11.7. The van der Waals surface area contributed by atoms with Gasteiger partial charge in [0.1, 0.15) is 0 Å². The second-order valence-electron chi connectivity index (χ2n) is 8.91. The number of ether oxygens (including phenoxy) is 2. The van der Waals surface area contributed by atoms with Gasteiger partial charge >= 0.3 is 0 Å². The van der Waals surface area contributed by atoms with Gasteiger partial charge in [0.25, 0.3) is 0 Å². The highest BCUT2D eigenvalue weighted by Gasteiger charge is 2.38. The number of aromatic nitrogens is 1. The predicted octanol–water partition coefficient (Wildman–Crippen LogP) is 3.29. The van der Waals surface area contributed by atoms with Gasteiger partial charge in [-0.25, -0.2) is 4.98 Å². The van der Waals surface area contributed by atoms with E-state index in [4.69, 9.17) is 14.5 Å². The van der Waals surface area contributed by atoms with Gasteiger partial charge in [0.2, 0.25) is 18.6 Å². The number of thiazole rings is 1. The van der Waals surface area contributed by atoms with Crippen LogP contribution in [0, 0.1) is 5.92 Å². The fourth-order valence-corrected chi connectivity index (χ4v) is 5.94. The van der Waals surface area contributed by atoms with Gasteiger partial charge in [-0.3, -0.25) is 9.59 Å². The maximum absolute atomic E-state index is 13.2. The van der Waals surface area contributed by atoms with E-state index in [1.807, 2.05) is 23.1 Å². The summed E-state index contributed by atoms with van der Waals surface area (Å²) < 4.78 is 12.0. The molecule has 0 N–H and O–H groups in total. The highest BCUT2D eigenvalue weighted by Crippen LogP contribution is 2.37. The number of benzene rings is 2. The van der Waals surface area contributed by atoms with Crippen LogP contribution in [0.4, 0.5) is 10.8 Å². The van der Waals surface area contributed by atoms with E-state index in [0.717, 1.165) is 35.8 Å². The summed E-state index contributed by atoms with van der Waals surface area (Å²) in [5.74, 6) is 1.03. The fourth-order valence-electron chi connectivity index (χ4n) is 4.86. The Kier molecular flexibility index (Phi) is 5.28. The lowest BCUT2D eigenvalue weighted by atomic mass is 10.1. The molecule has 2 amide bonds. The molecule has 3 aromatic rings. The van der Waals surface area contributed by atoms with Gasteiger partial charge in [-0.2, -0.15) is 0 Å². The van der Waals surface area contributed by atoms with Crippen molar-refractivity contribution in [1.29, 1.82) is 0 Å². The maximum Gasteiger partial charge on any atom is 0.231 e. The van der Waals surface area contributed by atoms with Crippen molar-refractivity contribution in [2.45, 2.75) is 19.8 Å². The molecular formula is C25H26N4O4S. The third-order valence-electron chi connectivity index (χ3n) is 6.85. The number of anilines is 2. The summed E-state index contributed by atoms with van der Waals surface area (Å²) in [6, 6.07) is 11.9. The molecule has 2 saturated heterocycles. The normalized spacial score (nSPS) is 20.0. The first-order valence-corrected chi connectivity index (χ1v) is 12.5. The zero-order valence-corrected chi connectivity index (χ0v) is 19.8. The average molecular weight is 479 g/mol. The van der Waals surface area contributed by atoms with Gasteiger partial charge in [0.15, 0.2) is 16.6 Å². The van der Waals surface area contributed by atoms with Crippen LogP contribution in [-0.4, -0.2) is 61.2 Å². The summed E-state index contributed by atoms with van der Waals surface area (Å²) in [4.78, 5) is 36.6. The monoisotopic (exact) mass is 478 g/mol. The smallest absolute Gasteiger partial charge is 0.231 e. The Hall–Kier alpha value is -3.33. The number of carbonyl (C=O) groups is 2. The molecule has 0 bridgehead atoms. The van der Waals surface area contributed by atoms with Gasteiger partial charge in [-0.15, -0.1) is 0 Å². The van der Waals surface area contributed by atoms with Crippen LogP contribution in [0.5, 0.6) is 11.5 Å². The van der Waals surface area contributed by atoms with Crippen LogP contribution in [-0.2, 0) is 16.0 Å². The molecule has 3 aliphatic heterocycles. The van der Waals surface area contributed by atoms with Crippen molar-refractivity contribution in [2.24, 2.45) is 5.92 Å². The molecule has 2 fully saturated rings. The number of rotatable bonds is 4. The predicted molar refractivity (Wildman–Crippen MR) is 131 cm³/mol. The number of carbonyl (C=O) groups excluding carboxylic acids is 2. The second-order valence-corrected chi connectivity index (χ2v) is 9.92. The van der Waals surface area contributed by atoms with Crippen LogP contribution in [0.15, 0.2) is 36.4 Å². The van der Waals surface area contributed by atoms with E-state index in [0.29, 0.717) is 31.1 Å². The minimum absolute atomic E-state index is 0.0308. The van der Waals surface area contributed by atoms with Crippen LogP contribution >= 0.6 is 11.3 Å². The third kappa shape index (κ3) is 3.73. The molecule has 0 saturated carbocycles. The van der Waals surface area contributed by atoms with Gasteiger partial charge in [0.05, 0.1) is 16.1 Å². The van der Waals surface area contributed by atoms with E-state index in [9.17, 15) is 9.59 Å². The molecule has 8 nitrogen and oxygen atoms in total. The first kappa shape index (κ1) is 21.2. The van der Waals surface area contributed by atoms with Gasteiger partial charge in [0, 0.05) is 50.9 Å². The van der Waals surface area contributed by atoms with E-state index in [1.54, 1.807) is 16.2 Å². The number of hydrogen-bond acceptors (Lipinski definition) is 7. The molecule has 6 rings (SSSR count). The molecule has 0 aliphatic carbocycles. The van der Waals surface area contributed by atoms with Crippen molar-refractivity contribution in [2.75, 3.05) is 49.3 Å². The Morgan fingerprint density at radius 2 is 1.91 bits per heavy atom. The Morgan fingerprint density at radius 3 is 2.74 bits per heavy atom. The molecule has 1 unspecified atom stereocenters. The number of amides is 2. The highest BCUT2D eigenvalue weighted by molar-refractivity contribution is 7.22. The standard InChI is InChI=1S/C25H26N4O4S/c1-2-16-3-5-19-22(11-16)34-25(26-19)28-9-7-27(8-10-28)24(31)17-12-23(30)29(14-17)18-4-6-20-21(13-18)33-15-32-20/h3-6,11,13,17H,2,7-10,12,14-15H2,1H3. The van der Waals surface area contributed by atoms with E-state index in [2.05, 4.69) is 30.0 Å². The lowest BCUT2D eigenvalue weighted by Gasteiger charge is -2.35. The number of fused-ring (bicyclic) bond motifs is 2. The van der Waals surface area contributed by atoms with Crippen LogP contribution in [0.1, 0.15) is 18.9 Å². The summed E-state index contributed by atoms with van der Waals surface area (Å²) in [6.45, 7) is 5.53. The molecule has 1 aromatic heterocycles. The number of aryl methyl sites for hydroxylation is 1. The second kappa shape index (κ2) is 8.47. The molecule has 2 aromatic carbocycles. The van der Waals surface area contributed by atoms with Crippen LogP contribution in [0.2, 0.25) is 0 Å². The van der Waals surface area contributed by atoms with Crippen molar-refractivity contribution in [3.63, 3.8) is 0 Å². The topological polar surface area (TPSA) is 75.2 Å². The zero-order valence-electron chi connectivity index (χ0n) is 19.0. The van der Waals surface area contributed by atoms with E-state index in [1.165, 1.54) is 10.3 Å².